The Balaban J connectivity index is 2.45. The van der Waals surface area contributed by atoms with Crippen LogP contribution in [0.5, 0.6) is 5.88 Å². The molecule has 2 heterocycles. The Bertz CT molecular complexity index is 499. The van der Waals surface area contributed by atoms with Crippen LogP contribution in [0, 0.1) is 3.57 Å². The van der Waals surface area contributed by atoms with E-state index in [0.29, 0.717) is 11.7 Å². The second-order valence-electron chi connectivity index (χ2n) is 3.16. The molecule has 0 amide bonds. The molecular formula is C11H10IN3O. The summed E-state index contributed by atoms with van der Waals surface area (Å²) < 4.78 is 6.04. The molecule has 16 heavy (non-hydrogen) atoms. The molecule has 2 N–H and O–H groups in total. The molecule has 0 aliphatic rings. The van der Waals surface area contributed by atoms with Gasteiger partial charge in [-0.3, -0.25) is 0 Å². The van der Waals surface area contributed by atoms with Crippen molar-refractivity contribution >= 4 is 28.4 Å². The van der Waals surface area contributed by atoms with E-state index in [1.165, 1.54) is 0 Å². The molecule has 0 bridgehead atoms. The van der Waals surface area contributed by atoms with Gasteiger partial charge in [-0.05, 0) is 40.8 Å². The number of nitrogens with zero attached hydrogens (tertiary/aromatic N) is 2. The Morgan fingerprint density at radius 1 is 1.25 bits per heavy atom. The molecule has 0 atom stereocenters. The summed E-state index contributed by atoms with van der Waals surface area (Å²) in [7, 11) is 1.59. The van der Waals surface area contributed by atoms with Crippen molar-refractivity contribution < 1.29 is 4.74 Å². The van der Waals surface area contributed by atoms with Crippen molar-refractivity contribution in [3.8, 4) is 17.1 Å². The molecule has 0 saturated heterocycles. The van der Waals surface area contributed by atoms with E-state index in [9.17, 15) is 0 Å². The first-order chi connectivity index (χ1) is 7.70. The van der Waals surface area contributed by atoms with Crippen LogP contribution in [0.1, 0.15) is 0 Å². The molecule has 5 heteroatoms. The summed E-state index contributed by atoms with van der Waals surface area (Å²) in [6.45, 7) is 0. The third-order valence-corrected chi connectivity index (χ3v) is 2.96. The van der Waals surface area contributed by atoms with E-state index in [4.69, 9.17) is 10.5 Å². The zero-order valence-electron chi connectivity index (χ0n) is 8.64. The minimum absolute atomic E-state index is 0.506. The second kappa shape index (κ2) is 4.65. The Kier molecular flexibility index (Phi) is 3.23. The normalized spacial score (nSPS) is 10.1. The van der Waals surface area contributed by atoms with Crippen molar-refractivity contribution in [2.45, 2.75) is 0 Å². The average Bonchev–Trinajstić information content (AvgIpc) is 2.32. The SMILES string of the molecule is COc1ccc(-c2nc(N)ccc2I)cn1. The van der Waals surface area contributed by atoms with Crippen LogP contribution in [0.2, 0.25) is 0 Å². The molecule has 2 aromatic rings. The highest BCUT2D eigenvalue weighted by Gasteiger charge is 2.06. The fourth-order valence-corrected chi connectivity index (χ4v) is 1.91. The number of anilines is 1. The largest absolute Gasteiger partial charge is 0.481 e. The Hall–Kier alpha value is -1.37. The maximum atomic E-state index is 5.66. The topological polar surface area (TPSA) is 61.0 Å². The summed E-state index contributed by atoms with van der Waals surface area (Å²) in [5.41, 5.74) is 7.43. The lowest BCUT2D eigenvalue weighted by molar-refractivity contribution is 0.398. The third kappa shape index (κ3) is 2.24. The molecule has 0 spiro atoms. The standard InChI is InChI=1S/C11H10IN3O/c1-16-10-5-2-7(6-14-10)11-8(12)3-4-9(13)15-11/h2-6H,1H3,(H2,13,15). The Morgan fingerprint density at radius 2 is 2.06 bits per heavy atom. The van der Waals surface area contributed by atoms with E-state index in [0.717, 1.165) is 14.8 Å². The van der Waals surface area contributed by atoms with Crippen molar-refractivity contribution in [2.24, 2.45) is 0 Å². The number of methoxy groups -OCH3 is 1. The van der Waals surface area contributed by atoms with E-state index in [1.54, 1.807) is 25.4 Å². The van der Waals surface area contributed by atoms with Crippen LogP contribution in [-0.4, -0.2) is 17.1 Å². The lowest BCUT2D eigenvalue weighted by Crippen LogP contribution is -1.95. The van der Waals surface area contributed by atoms with Crippen molar-refractivity contribution in [3.05, 3.63) is 34.0 Å². The number of hydrogen-bond acceptors (Lipinski definition) is 4. The molecule has 2 rings (SSSR count). The van der Waals surface area contributed by atoms with Crippen molar-refractivity contribution in [3.63, 3.8) is 0 Å². The smallest absolute Gasteiger partial charge is 0.212 e. The summed E-state index contributed by atoms with van der Waals surface area (Å²) in [6, 6.07) is 7.43. The molecule has 0 unspecified atom stereocenters. The van der Waals surface area contributed by atoms with Gasteiger partial charge >= 0.3 is 0 Å². The highest BCUT2D eigenvalue weighted by molar-refractivity contribution is 14.1. The molecule has 0 saturated carbocycles. The quantitative estimate of drug-likeness (QED) is 0.860. The second-order valence-corrected chi connectivity index (χ2v) is 4.32. The van der Waals surface area contributed by atoms with E-state index in [-0.39, 0.29) is 0 Å². The van der Waals surface area contributed by atoms with Crippen LogP contribution in [0.3, 0.4) is 0 Å². The van der Waals surface area contributed by atoms with Gasteiger partial charge in [0.2, 0.25) is 5.88 Å². The minimum atomic E-state index is 0.506. The molecule has 0 aliphatic heterocycles. The number of pyridine rings is 2. The summed E-state index contributed by atoms with van der Waals surface area (Å²) in [4.78, 5) is 8.43. The van der Waals surface area contributed by atoms with Gasteiger partial charge in [0.1, 0.15) is 5.82 Å². The van der Waals surface area contributed by atoms with Gasteiger partial charge < -0.3 is 10.5 Å². The van der Waals surface area contributed by atoms with Gasteiger partial charge in [-0.15, -0.1) is 0 Å². The van der Waals surface area contributed by atoms with Crippen molar-refractivity contribution in [2.75, 3.05) is 12.8 Å². The van der Waals surface area contributed by atoms with Gasteiger partial charge in [0.15, 0.2) is 0 Å². The Morgan fingerprint density at radius 3 is 2.69 bits per heavy atom. The number of halogens is 1. The van der Waals surface area contributed by atoms with Gasteiger partial charge in [0.25, 0.3) is 0 Å². The summed E-state index contributed by atoms with van der Waals surface area (Å²) in [5.74, 6) is 1.09. The maximum Gasteiger partial charge on any atom is 0.212 e. The number of nitrogens with two attached hydrogens (primary N) is 1. The molecule has 2 aromatic heterocycles. The highest BCUT2D eigenvalue weighted by Crippen LogP contribution is 2.24. The zero-order valence-corrected chi connectivity index (χ0v) is 10.8. The number of nitrogen functional groups attached to an aromatic ring is 1. The average molecular weight is 327 g/mol. The van der Waals surface area contributed by atoms with Crippen LogP contribution < -0.4 is 10.5 Å². The van der Waals surface area contributed by atoms with E-state index >= 15 is 0 Å². The summed E-state index contributed by atoms with van der Waals surface area (Å²) in [6.07, 6.45) is 1.72. The van der Waals surface area contributed by atoms with E-state index < -0.39 is 0 Å². The number of aromatic nitrogens is 2. The number of hydrogen-bond donors (Lipinski definition) is 1. The van der Waals surface area contributed by atoms with E-state index in [2.05, 4.69) is 32.6 Å². The third-order valence-electron chi connectivity index (χ3n) is 2.09. The minimum Gasteiger partial charge on any atom is -0.481 e. The number of rotatable bonds is 2. The summed E-state index contributed by atoms with van der Waals surface area (Å²) in [5, 5.41) is 0. The van der Waals surface area contributed by atoms with Crippen LogP contribution in [-0.2, 0) is 0 Å². The first-order valence-corrected chi connectivity index (χ1v) is 5.71. The van der Waals surface area contributed by atoms with Crippen molar-refractivity contribution in [1.29, 1.82) is 0 Å². The molecule has 82 valence electrons. The lowest BCUT2D eigenvalue weighted by atomic mass is 10.2. The fourth-order valence-electron chi connectivity index (χ4n) is 1.30. The molecule has 4 nitrogen and oxygen atoms in total. The van der Waals surface area contributed by atoms with Crippen LogP contribution in [0.4, 0.5) is 5.82 Å². The predicted octanol–water partition coefficient (Wildman–Crippen LogP) is 2.34. The van der Waals surface area contributed by atoms with Crippen molar-refractivity contribution in [1.82, 2.24) is 9.97 Å². The van der Waals surface area contributed by atoms with Crippen LogP contribution in [0.15, 0.2) is 30.5 Å². The van der Waals surface area contributed by atoms with E-state index in [1.807, 2.05) is 12.1 Å². The zero-order chi connectivity index (χ0) is 11.5. The van der Waals surface area contributed by atoms with Crippen LogP contribution >= 0.6 is 22.6 Å². The van der Waals surface area contributed by atoms with Gasteiger partial charge in [-0.25, -0.2) is 9.97 Å². The molecule has 0 aromatic carbocycles. The van der Waals surface area contributed by atoms with Crippen LogP contribution in [0.25, 0.3) is 11.3 Å². The van der Waals surface area contributed by atoms with Gasteiger partial charge in [0, 0.05) is 21.4 Å². The first kappa shape index (κ1) is 11.1. The molecule has 0 fully saturated rings. The molecule has 0 aliphatic carbocycles. The van der Waals surface area contributed by atoms with Gasteiger partial charge in [-0.2, -0.15) is 0 Å². The van der Waals surface area contributed by atoms with Gasteiger partial charge in [0.05, 0.1) is 12.8 Å². The Labute approximate surface area is 107 Å². The van der Waals surface area contributed by atoms with Gasteiger partial charge in [-0.1, -0.05) is 0 Å². The maximum absolute atomic E-state index is 5.66. The first-order valence-electron chi connectivity index (χ1n) is 4.63. The highest BCUT2D eigenvalue weighted by atomic mass is 127. The molecular weight excluding hydrogens is 317 g/mol. The monoisotopic (exact) mass is 327 g/mol. The fraction of sp³-hybridized carbons (Fsp3) is 0.0909. The number of ether oxygens (including phenoxy) is 1. The predicted molar refractivity (Wildman–Crippen MR) is 71.1 cm³/mol. The lowest BCUT2D eigenvalue weighted by Gasteiger charge is -2.05. The summed E-state index contributed by atoms with van der Waals surface area (Å²) >= 11 is 2.22. The molecule has 0 radical (unpaired) electrons.